The zero-order valence-electron chi connectivity index (χ0n) is 10.8. The van der Waals surface area contributed by atoms with E-state index in [0.717, 1.165) is 30.5 Å². The van der Waals surface area contributed by atoms with Gasteiger partial charge in [0.05, 0.1) is 5.56 Å². The van der Waals surface area contributed by atoms with Crippen molar-refractivity contribution in [1.29, 1.82) is 0 Å². The Hall–Kier alpha value is -2.11. The lowest BCUT2D eigenvalue weighted by molar-refractivity contribution is -0.135. The van der Waals surface area contributed by atoms with Crippen molar-refractivity contribution in [3.05, 3.63) is 22.9 Å². The van der Waals surface area contributed by atoms with Crippen molar-refractivity contribution in [3.63, 3.8) is 0 Å². The van der Waals surface area contributed by atoms with Gasteiger partial charge in [-0.1, -0.05) is 0 Å². The van der Waals surface area contributed by atoms with Gasteiger partial charge in [0.1, 0.15) is 12.4 Å². The van der Waals surface area contributed by atoms with Crippen LogP contribution in [0.5, 0.6) is 0 Å². The predicted octanol–water partition coefficient (Wildman–Crippen LogP) is 0.580. The minimum atomic E-state index is -0.959. The lowest BCUT2D eigenvalue weighted by Gasteiger charge is -2.22. The lowest BCUT2D eigenvalue weighted by atomic mass is 10.1. The SMILES string of the molecule is CCN(CC(=O)O)c1nc2c(cc1C(N)=O)CCC2. The molecule has 0 spiro atoms. The Labute approximate surface area is 111 Å². The molecule has 0 saturated heterocycles. The number of hydrogen-bond acceptors (Lipinski definition) is 4. The molecular formula is C13H17N3O3. The molecule has 6 nitrogen and oxygen atoms in total. The summed E-state index contributed by atoms with van der Waals surface area (Å²) in [7, 11) is 0. The van der Waals surface area contributed by atoms with Crippen LogP contribution in [0.15, 0.2) is 6.07 Å². The molecule has 0 aliphatic heterocycles. The highest BCUT2D eigenvalue weighted by Crippen LogP contribution is 2.27. The van der Waals surface area contributed by atoms with Gasteiger partial charge < -0.3 is 15.7 Å². The van der Waals surface area contributed by atoms with E-state index < -0.39 is 11.9 Å². The van der Waals surface area contributed by atoms with E-state index in [-0.39, 0.29) is 6.54 Å². The summed E-state index contributed by atoms with van der Waals surface area (Å²) in [4.78, 5) is 28.4. The quantitative estimate of drug-likeness (QED) is 0.810. The number of aryl methyl sites for hydroxylation is 2. The van der Waals surface area contributed by atoms with Crippen LogP contribution >= 0.6 is 0 Å². The highest BCUT2D eigenvalue weighted by Gasteiger charge is 2.22. The number of pyridine rings is 1. The Balaban J connectivity index is 2.47. The molecule has 6 heteroatoms. The number of rotatable bonds is 5. The van der Waals surface area contributed by atoms with Crippen LogP contribution < -0.4 is 10.6 Å². The summed E-state index contributed by atoms with van der Waals surface area (Å²) in [6.07, 6.45) is 2.77. The second kappa shape index (κ2) is 5.26. The smallest absolute Gasteiger partial charge is 0.323 e. The fraction of sp³-hybridized carbons (Fsp3) is 0.462. The Morgan fingerprint density at radius 3 is 2.79 bits per heavy atom. The number of carbonyl (C=O) groups is 2. The molecule has 1 aliphatic rings. The highest BCUT2D eigenvalue weighted by molar-refractivity contribution is 5.98. The molecule has 1 aliphatic carbocycles. The first kappa shape index (κ1) is 13.3. The van der Waals surface area contributed by atoms with Crippen LogP contribution in [0.1, 0.15) is 35.0 Å². The molecule has 3 N–H and O–H groups in total. The van der Waals surface area contributed by atoms with Gasteiger partial charge in [0, 0.05) is 12.2 Å². The molecule has 1 aromatic rings. The monoisotopic (exact) mass is 263 g/mol. The molecule has 0 unspecified atom stereocenters. The molecule has 19 heavy (non-hydrogen) atoms. The molecule has 0 aromatic carbocycles. The van der Waals surface area contributed by atoms with E-state index in [1.54, 1.807) is 11.0 Å². The van der Waals surface area contributed by atoms with Gasteiger partial charge in [-0.15, -0.1) is 0 Å². The average Bonchev–Trinajstić information content (AvgIpc) is 2.81. The summed E-state index contributed by atoms with van der Waals surface area (Å²) in [6.45, 7) is 2.09. The highest BCUT2D eigenvalue weighted by atomic mass is 16.4. The summed E-state index contributed by atoms with van der Waals surface area (Å²) >= 11 is 0. The average molecular weight is 263 g/mol. The van der Waals surface area contributed by atoms with E-state index in [9.17, 15) is 9.59 Å². The van der Waals surface area contributed by atoms with Crippen LogP contribution in [0.3, 0.4) is 0 Å². The molecule has 0 atom stereocenters. The van der Waals surface area contributed by atoms with E-state index in [1.165, 1.54) is 0 Å². The molecular weight excluding hydrogens is 246 g/mol. The number of aromatic nitrogens is 1. The van der Waals surface area contributed by atoms with Crippen molar-refractivity contribution >= 4 is 17.7 Å². The number of likely N-dealkylation sites (N-methyl/N-ethyl adjacent to an activating group) is 1. The summed E-state index contributed by atoms with van der Waals surface area (Å²) in [5, 5.41) is 8.91. The molecule has 0 bridgehead atoms. The van der Waals surface area contributed by atoms with Gasteiger partial charge >= 0.3 is 5.97 Å². The molecule has 102 valence electrons. The second-order valence-corrected chi connectivity index (χ2v) is 4.59. The predicted molar refractivity (Wildman–Crippen MR) is 70.3 cm³/mol. The second-order valence-electron chi connectivity index (χ2n) is 4.59. The number of fused-ring (bicyclic) bond motifs is 1. The van der Waals surface area contributed by atoms with Crippen molar-refractivity contribution in [1.82, 2.24) is 4.98 Å². The van der Waals surface area contributed by atoms with Gasteiger partial charge in [0.2, 0.25) is 0 Å². The summed E-state index contributed by atoms with van der Waals surface area (Å²) in [5.74, 6) is -1.14. The number of amides is 1. The molecule has 1 amide bonds. The maximum Gasteiger partial charge on any atom is 0.323 e. The third-order valence-electron chi connectivity index (χ3n) is 3.30. The van der Waals surface area contributed by atoms with Gasteiger partial charge in [-0.25, -0.2) is 4.98 Å². The Morgan fingerprint density at radius 2 is 2.21 bits per heavy atom. The maximum atomic E-state index is 11.5. The summed E-state index contributed by atoms with van der Waals surface area (Å²) < 4.78 is 0. The number of nitrogens with two attached hydrogens (primary N) is 1. The van der Waals surface area contributed by atoms with Crippen molar-refractivity contribution in [2.24, 2.45) is 5.73 Å². The van der Waals surface area contributed by atoms with Gasteiger partial charge in [-0.2, -0.15) is 0 Å². The van der Waals surface area contributed by atoms with Crippen LogP contribution in [0, 0.1) is 0 Å². The van der Waals surface area contributed by atoms with Crippen molar-refractivity contribution in [2.45, 2.75) is 26.2 Å². The Bertz CT molecular complexity index is 528. The number of carbonyl (C=O) groups excluding carboxylic acids is 1. The van der Waals surface area contributed by atoms with Crippen LogP contribution in [0.4, 0.5) is 5.82 Å². The van der Waals surface area contributed by atoms with Gasteiger partial charge in [0.25, 0.3) is 5.91 Å². The van der Waals surface area contributed by atoms with E-state index in [0.29, 0.717) is 17.9 Å². The number of carboxylic acid groups (broad SMARTS) is 1. The van der Waals surface area contributed by atoms with E-state index in [4.69, 9.17) is 10.8 Å². The van der Waals surface area contributed by atoms with Crippen LogP contribution in [0.25, 0.3) is 0 Å². The number of carboxylic acids is 1. The maximum absolute atomic E-state index is 11.5. The van der Waals surface area contributed by atoms with Crippen molar-refractivity contribution < 1.29 is 14.7 Å². The standard InChI is InChI=1S/C13H17N3O3/c1-2-16(7-11(17)18)13-9(12(14)19)6-8-4-3-5-10(8)15-13/h6H,2-5,7H2,1H3,(H2,14,19)(H,17,18). The number of anilines is 1. The number of primary amides is 1. The Kier molecular flexibility index (Phi) is 3.69. The van der Waals surface area contributed by atoms with Gasteiger partial charge in [-0.05, 0) is 37.8 Å². The fourth-order valence-electron chi connectivity index (χ4n) is 2.38. The van der Waals surface area contributed by atoms with E-state index >= 15 is 0 Å². The normalized spacial score (nSPS) is 13.1. The van der Waals surface area contributed by atoms with Gasteiger partial charge in [-0.3, -0.25) is 9.59 Å². The first-order valence-corrected chi connectivity index (χ1v) is 6.32. The largest absolute Gasteiger partial charge is 0.480 e. The summed E-state index contributed by atoms with van der Waals surface area (Å²) in [5.41, 5.74) is 7.68. The first-order chi connectivity index (χ1) is 9.02. The van der Waals surface area contributed by atoms with Crippen LogP contribution in [-0.4, -0.2) is 35.1 Å². The molecule has 0 saturated carbocycles. The molecule has 0 radical (unpaired) electrons. The number of aliphatic carboxylic acids is 1. The van der Waals surface area contributed by atoms with Crippen LogP contribution in [0.2, 0.25) is 0 Å². The minimum absolute atomic E-state index is 0.192. The van der Waals surface area contributed by atoms with Crippen molar-refractivity contribution in [3.8, 4) is 0 Å². The van der Waals surface area contributed by atoms with Gasteiger partial charge in [0.15, 0.2) is 0 Å². The molecule has 1 heterocycles. The number of nitrogens with zero attached hydrogens (tertiary/aromatic N) is 2. The summed E-state index contributed by atoms with van der Waals surface area (Å²) in [6, 6.07) is 1.76. The molecule has 2 rings (SSSR count). The fourth-order valence-corrected chi connectivity index (χ4v) is 2.38. The Morgan fingerprint density at radius 1 is 1.47 bits per heavy atom. The third-order valence-corrected chi connectivity index (χ3v) is 3.30. The van der Waals surface area contributed by atoms with Crippen molar-refractivity contribution in [2.75, 3.05) is 18.0 Å². The minimum Gasteiger partial charge on any atom is -0.480 e. The van der Waals surface area contributed by atoms with E-state index in [1.807, 2.05) is 6.92 Å². The molecule has 1 aromatic heterocycles. The third kappa shape index (κ3) is 2.67. The number of hydrogen-bond donors (Lipinski definition) is 2. The zero-order valence-corrected chi connectivity index (χ0v) is 10.8. The topological polar surface area (TPSA) is 96.5 Å². The lowest BCUT2D eigenvalue weighted by Crippen LogP contribution is -2.32. The van der Waals surface area contributed by atoms with Crippen LogP contribution in [-0.2, 0) is 17.6 Å². The zero-order chi connectivity index (χ0) is 14.0. The molecule has 0 fully saturated rings. The van der Waals surface area contributed by atoms with E-state index in [2.05, 4.69) is 4.98 Å². The first-order valence-electron chi connectivity index (χ1n) is 6.32.